The molecule has 198 valence electrons. The van der Waals surface area contributed by atoms with Crippen LogP contribution in [-0.4, -0.2) is 57.5 Å². The van der Waals surface area contributed by atoms with Gasteiger partial charge in [0, 0.05) is 30.1 Å². The predicted molar refractivity (Wildman–Crippen MR) is 132 cm³/mol. The number of alkyl halides is 3. The molecule has 4 aromatic rings. The van der Waals surface area contributed by atoms with Crippen LogP contribution in [0.15, 0.2) is 61.2 Å². The molecule has 0 saturated carbocycles. The van der Waals surface area contributed by atoms with Crippen molar-refractivity contribution in [1.29, 1.82) is 0 Å². The number of hydroxylamine groups is 1. The molecule has 1 aromatic carbocycles. The fraction of sp³-hybridized carbons (Fsp3) is 0.280. The largest absolute Gasteiger partial charge is 0.405 e. The van der Waals surface area contributed by atoms with Crippen molar-refractivity contribution in [3.05, 3.63) is 61.2 Å². The Kier molecular flexibility index (Phi) is 7.01. The second kappa shape index (κ2) is 10.5. The number of hydrogen-bond acceptors (Lipinski definition) is 6. The van der Waals surface area contributed by atoms with Crippen LogP contribution in [0, 0.1) is 0 Å². The Labute approximate surface area is 215 Å². The molecule has 2 N–H and O–H groups in total. The number of piperidine rings is 1. The number of fused-ring (bicyclic) bond motifs is 1. The lowest BCUT2D eigenvalue weighted by atomic mass is 10.1. The van der Waals surface area contributed by atoms with E-state index >= 15 is 0 Å². The predicted octanol–water partition coefficient (Wildman–Crippen LogP) is 3.96. The number of nitrogens with zero attached hydrogens (tertiary/aromatic N) is 5. The molecule has 5 rings (SSSR count). The number of imidazole rings is 1. The molecule has 3 aromatic heterocycles. The zero-order valence-electron chi connectivity index (χ0n) is 20.1. The van der Waals surface area contributed by atoms with Crippen molar-refractivity contribution in [3.8, 4) is 22.4 Å². The van der Waals surface area contributed by atoms with Gasteiger partial charge in [0.25, 0.3) is 0 Å². The van der Waals surface area contributed by atoms with Crippen molar-refractivity contribution in [1.82, 2.24) is 29.8 Å². The molecule has 1 fully saturated rings. The van der Waals surface area contributed by atoms with Gasteiger partial charge in [-0.15, -0.1) is 5.06 Å². The minimum absolute atomic E-state index is 0.0392. The lowest BCUT2D eigenvalue weighted by Gasteiger charge is -2.22. The molecule has 1 aliphatic heterocycles. The minimum Gasteiger partial charge on any atom is -0.335 e. The van der Waals surface area contributed by atoms with Gasteiger partial charge in [-0.2, -0.15) is 18.3 Å². The number of halogens is 3. The number of rotatable bonds is 7. The number of benzene rings is 1. The molecule has 0 spiro atoms. The number of carbonyl (C=O) groups is 2. The van der Waals surface area contributed by atoms with Crippen LogP contribution in [0.5, 0.6) is 0 Å². The Bertz CT molecular complexity index is 1440. The molecule has 1 atom stereocenters. The number of urea groups is 1. The van der Waals surface area contributed by atoms with Gasteiger partial charge in [0.15, 0.2) is 0 Å². The minimum atomic E-state index is -4.62. The standard InChI is InChI=1S/C25H24F3N7O3/c26-25(27,28)15-31-24(37)35(38-16-36)20-4-1-3-18(9-20)22-13-30-23-10-17(6-8-33(22)23)19-11-32-34(14-19)21-5-2-7-29-12-21/h1,3-4,6,8-11,13-14,16,21,29H,2,5,7,12,15H2,(H,31,37). The Morgan fingerprint density at radius 2 is 2.08 bits per heavy atom. The van der Waals surface area contributed by atoms with E-state index in [1.165, 1.54) is 12.1 Å². The molecular weight excluding hydrogens is 503 g/mol. The fourth-order valence-corrected chi connectivity index (χ4v) is 4.43. The molecule has 2 amide bonds. The maximum Gasteiger partial charge on any atom is 0.405 e. The summed E-state index contributed by atoms with van der Waals surface area (Å²) in [5.41, 5.74) is 3.91. The summed E-state index contributed by atoms with van der Waals surface area (Å²) < 4.78 is 41.4. The third-order valence-corrected chi connectivity index (χ3v) is 6.24. The Balaban J connectivity index is 1.39. The molecule has 0 bridgehead atoms. The first-order valence-corrected chi connectivity index (χ1v) is 11.9. The summed E-state index contributed by atoms with van der Waals surface area (Å²) in [7, 11) is 0. The number of hydrogen-bond donors (Lipinski definition) is 2. The second-order valence-electron chi connectivity index (χ2n) is 8.82. The van der Waals surface area contributed by atoms with E-state index in [0.29, 0.717) is 28.0 Å². The molecule has 10 nitrogen and oxygen atoms in total. The summed E-state index contributed by atoms with van der Waals surface area (Å²) in [6, 6.07) is 9.23. The molecule has 0 aliphatic carbocycles. The average Bonchev–Trinajstić information content (AvgIpc) is 3.58. The third kappa shape index (κ3) is 5.47. The lowest BCUT2D eigenvalue weighted by molar-refractivity contribution is -0.129. The number of aromatic nitrogens is 4. The van der Waals surface area contributed by atoms with Gasteiger partial charge < -0.3 is 15.5 Å². The summed E-state index contributed by atoms with van der Waals surface area (Å²) in [6.45, 7) is 0.306. The summed E-state index contributed by atoms with van der Waals surface area (Å²) in [5.74, 6) is 0. The number of carbonyl (C=O) groups excluding carboxylic acids is 2. The van der Waals surface area contributed by atoms with Crippen LogP contribution in [0.25, 0.3) is 28.0 Å². The van der Waals surface area contributed by atoms with E-state index in [2.05, 4.69) is 20.2 Å². The van der Waals surface area contributed by atoms with Gasteiger partial charge in [-0.25, -0.2) is 9.78 Å². The first kappa shape index (κ1) is 25.3. The van der Waals surface area contributed by atoms with Crippen molar-refractivity contribution in [2.24, 2.45) is 0 Å². The summed E-state index contributed by atoms with van der Waals surface area (Å²) in [5, 5.41) is 10.1. The molecule has 13 heteroatoms. The lowest BCUT2D eigenvalue weighted by Crippen LogP contribution is -2.43. The van der Waals surface area contributed by atoms with Crippen LogP contribution in [-0.2, 0) is 9.63 Å². The monoisotopic (exact) mass is 527 g/mol. The zero-order valence-corrected chi connectivity index (χ0v) is 20.1. The van der Waals surface area contributed by atoms with Crippen molar-refractivity contribution >= 4 is 23.8 Å². The van der Waals surface area contributed by atoms with E-state index in [4.69, 9.17) is 0 Å². The second-order valence-corrected chi connectivity index (χ2v) is 8.82. The highest BCUT2D eigenvalue weighted by Gasteiger charge is 2.30. The maximum atomic E-state index is 12.5. The molecule has 1 aliphatic rings. The number of anilines is 1. The molecule has 4 heterocycles. The van der Waals surface area contributed by atoms with Crippen molar-refractivity contribution in [3.63, 3.8) is 0 Å². The molecule has 38 heavy (non-hydrogen) atoms. The highest BCUT2D eigenvalue weighted by atomic mass is 19.4. The summed E-state index contributed by atoms with van der Waals surface area (Å²) in [6.07, 6.45) is 4.93. The maximum absolute atomic E-state index is 12.5. The van der Waals surface area contributed by atoms with Crippen molar-refractivity contribution in [2.75, 3.05) is 24.7 Å². The van der Waals surface area contributed by atoms with E-state index in [1.807, 2.05) is 39.8 Å². The Hall–Kier alpha value is -4.39. The molecular formula is C25H24F3N7O3. The normalized spacial score (nSPS) is 15.8. The van der Waals surface area contributed by atoms with Crippen LogP contribution in [0.1, 0.15) is 18.9 Å². The van der Waals surface area contributed by atoms with Gasteiger partial charge in [0.2, 0.25) is 0 Å². The highest BCUT2D eigenvalue weighted by Crippen LogP contribution is 2.29. The van der Waals surface area contributed by atoms with Crippen LogP contribution in [0.3, 0.4) is 0 Å². The highest BCUT2D eigenvalue weighted by molar-refractivity contribution is 5.91. The topological polar surface area (TPSA) is 106 Å². The van der Waals surface area contributed by atoms with Gasteiger partial charge in [-0.1, -0.05) is 12.1 Å². The fourth-order valence-electron chi connectivity index (χ4n) is 4.43. The zero-order chi connectivity index (χ0) is 26.7. The summed E-state index contributed by atoms with van der Waals surface area (Å²) >= 11 is 0. The van der Waals surface area contributed by atoms with Crippen LogP contribution < -0.4 is 15.7 Å². The SMILES string of the molecule is O=CON(C(=O)NCC(F)(F)F)c1cccc(-c2cnc3cc(-c4cnn(C5CCCNC5)c4)ccn23)c1. The van der Waals surface area contributed by atoms with E-state index in [-0.39, 0.29) is 12.2 Å². The molecule has 1 unspecified atom stereocenters. The number of nitrogens with one attached hydrogen (secondary N) is 2. The van der Waals surface area contributed by atoms with E-state index in [0.717, 1.165) is 37.1 Å². The number of amides is 2. The average molecular weight is 528 g/mol. The first-order chi connectivity index (χ1) is 18.3. The van der Waals surface area contributed by atoms with Crippen LogP contribution in [0.4, 0.5) is 23.7 Å². The summed E-state index contributed by atoms with van der Waals surface area (Å²) in [4.78, 5) is 32.4. The quantitative estimate of drug-likeness (QED) is 0.279. The van der Waals surface area contributed by atoms with E-state index in [1.54, 1.807) is 23.6 Å². The van der Waals surface area contributed by atoms with Gasteiger partial charge >= 0.3 is 18.7 Å². The molecule has 1 saturated heterocycles. The Morgan fingerprint density at radius 3 is 2.84 bits per heavy atom. The van der Waals surface area contributed by atoms with Gasteiger partial charge in [0.1, 0.15) is 12.2 Å². The third-order valence-electron chi connectivity index (χ3n) is 6.24. The van der Waals surface area contributed by atoms with Crippen molar-refractivity contribution < 1.29 is 27.6 Å². The van der Waals surface area contributed by atoms with Crippen LogP contribution >= 0.6 is 0 Å². The van der Waals surface area contributed by atoms with Crippen molar-refractivity contribution in [2.45, 2.75) is 25.1 Å². The van der Waals surface area contributed by atoms with Gasteiger partial charge in [-0.05, 0) is 49.2 Å². The first-order valence-electron chi connectivity index (χ1n) is 11.9. The van der Waals surface area contributed by atoms with E-state index < -0.39 is 18.8 Å². The Morgan fingerprint density at radius 1 is 1.21 bits per heavy atom. The molecule has 0 radical (unpaired) electrons. The van der Waals surface area contributed by atoms with Gasteiger partial charge in [0.05, 0.1) is 29.8 Å². The van der Waals surface area contributed by atoms with E-state index in [9.17, 15) is 22.8 Å². The van der Waals surface area contributed by atoms with Gasteiger partial charge in [-0.3, -0.25) is 13.9 Å². The smallest absolute Gasteiger partial charge is 0.335 e. The number of pyridine rings is 1. The van der Waals surface area contributed by atoms with Crippen LogP contribution in [0.2, 0.25) is 0 Å².